The van der Waals surface area contributed by atoms with Gasteiger partial charge in [0.1, 0.15) is 5.82 Å². The van der Waals surface area contributed by atoms with Gasteiger partial charge in [-0.15, -0.1) is 0 Å². The standard InChI is InChI=1S/C12H18FN/c1-9(2)6-11(8-14)10-4-3-5-12(13)7-10/h3-5,7,9,11H,6,8,14H2,1-2H3. The van der Waals surface area contributed by atoms with Gasteiger partial charge >= 0.3 is 0 Å². The Balaban J connectivity index is 2.78. The fourth-order valence-electron chi connectivity index (χ4n) is 1.70. The third-order valence-corrected chi connectivity index (χ3v) is 2.36. The van der Waals surface area contributed by atoms with Crippen molar-refractivity contribution in [2.24, 2.45) is 11.7 Å². The number of hydrogen-bond acceptors (Lipinski definition) is 1. The maximum atomic E-state index is 13.0. The monoisotopic (exact) mass is 195 g/mol. The van der Waals surface area contributed by atoms with E-state index in [1.165, 1.54) is 6.07 Å². The molecule has 0 bridgehead atoms. The summed E-state index contributed by atoms with van der Waals surface area (Å²) in [6.07, 6.45) is 1.01. The number of nitrogens with two attached hydrogens (primary N) is 1. The molecule has 1 aromatic carbocycles. The van der Waals surface area contributed by atoms with Gasteiger partial charge in [0, 0.05) is 0 Å². The van der Waals surface area contributed by atoms with Crippen molar-refractivity contribution in [3.8, 4) is 0 Å². The van der Waals surface area contributed by atoms with Crippen LogP contribution in [0, 0.1) is 11.7 Å². The summed E-state index contributed by atoms with van der Waals surface area (Å²) in [6.45, 7) is 4.89. The summed E-state index contributed by atoms with van der Waals surface area (Å²) in [5, 5.41) is 0. The summed E-state index contributed by atoms with van der Waals surface area (Å²) < 4.78 is 13.0. The van der Waals surface area contributed by atoms with Crippen LogP contribution in [0.5, 0.6) is 0 Å². The molecule has 0 heterocycles. The van der Waals surface area contributed by atoms with Crippen molar-refractivity contribution < 1.29 is 4.39 Å². The third kappa shape index (κ3) is 3.11. The van der Waals surface area contributed by atoms with E-state index in [9.17, 15) is 4.39 Å². The summed E-state index contributed by atoms with van der Waals surface area (Å²) in [5.41, 5.74) is 6.70. The second kappa shape index (κ2) is 5.11. The molecule has 14 heavy (non-hydrogen) atoms. The molecule has 2 heteroatoms. The quantitative estimate of drug-likeness (QED) is 0.785. The Labute approximate surface area is 85.1 Å². The van der Waals surface area contributed by atoms with Gasteiger partial charge in [0.25, 0.3) is 0 Å². The molecule has 0 spiro atoms. The minimum absolute atomic E-state index is 0.176. The van der Waals surface area contributed by atoms with Crippen molar-refractivity contribution in [1.29, 1.82) is 0 Å². The summed E-state index contributed by atoms with van der Waals surface area (Å²) in [5.74, 6) is 0.697. The molecule has 0 saturated heterocycles. The van der Waals surface area contributed by atoms with E-state index in [0.29, 0.717) is 12.5 Å². The van der Waals surface area contributed by atoms with Crippen LogP contribution in [0.3, 0.4) is 0 Å². The van der Waals surface area contributed by atoms with Crippen molar-refractivity contribution in [2.45, 2.75) is 26.2 Å². The molecule has 1 unspecified atom stereocenters. The maximum Gasteiger partial charge on any atom is 0.123 e. The predicted molar refractivity (Wildman–Crippen MR) is 57.7 cm³/mol. The first-order valence-electron chi connectivity index (χ1n) is 5.09. The van der Waals surface area contributed by atoms with Crippen molar-refractivity contribution in [3.63, 3.8) is 0 Å². The highest BCUT2D eigenvalue weighted by Crippen LogP contribution is 2.22. The first-order chi connectivity index (χ1) is 6.63. The minimum Gasteiger partial charge on any atom is -0.330 e. The van der Waals surface area contributed by atoms with E-state index >= 15 is 0 Å². The summed E-state index contributed by atoms with van der Waals surface area (Å²) in [7, 11) is 0. The average molecular weight is 195 g/mol. The zero-order valence-electron chi connectivity index (χ0n) is 8.83. The Morgan fingerprint density at radius 1 is 1.36 bits per heavy atom. The van der Waals surface area contributed by atoms with Crippen molar-refractivity contribution in [2.75, 3.05) is 6.54 Å². The number of benzene rings is 1. The molecule has 0 amide bonds. The van der Waals surface area contributed by atoms with Crippen molar-refractivity contribution in [3.05, 3.63) is 35.6 Å². The molecule has 0 saturated carbocycles. The van der Waals surface area contributed by atoms with Crippen LogP contribution in [-0.4, -0.2) is 6.54 Å². The molecular formula is C12H18FN. The molecule has 0 aliphatic rings. The second-order valence-electron chi connectivity index (χ2n) is 4.12. The second-order valence-corrected chi connectivity index (χ2v) is 4.12. The SMILES string of the molecule is CC(C)CC(CN)c1cccc(F)c1. The van der Waals surface area contributed by atoms with Crippen LogP contribution in [0.15, 0.2) is 24.3 Å². The van der Waals surface area contributed by atoms with Crippen LogP contribution in [0.4, 0.5) is 4.39 Å². The molecule has 0 radical (unpaired) electrons. The van der Waals surface area contributed by atoms with Gasteiger partial charge in [-0.3, -0.25) is 0 Å². The normalized spacial score (nSPS) is 13.2. The van der Waals surface area contributed by atoms with E-state index in [1.54, 1.807) is 12.1 Å². The Morgan fingerprint density at radius 2 is 2.07 bits per heavy atom. The van der Waals surface area contributed by atoms with Gasteiger partial charge in [0.2, 0.25) is 0 Å². The van der Waals surface area contributed by atoms with Crippen LogP contribution in [0.25, 0.3) is 0 Å². The lowest BCUT2D eigenvalue weighted by molar-refractivity contribution is 0.502. The van der Waals surface area contributed by atoms with Gasteiger partial charge in [-0.05, 0) is 42.5 Å². The highest BCUT2D eigenvalue weighted by atomic mass is 19.1. The highest BCUT2D eigenvalue weighted by Gasteiger charge is 2.11. The van der Waals surface area contributed by atoms with E-state index in [1.807, 2.05) is 6.07 Å². The molecule has 0 aromatic heterocycles. The van der Waals surface area contributed by atoms with Gasteiger partial charge in [-0.25, -0.2) is 4.39 Å². The van der Waals surface area contributed by atoms with Crippen LogP contribution >= 0.6 is 0 Å². The van der Waals surface area contributed by atoms with E-state index in [4.69, 9.17) is 5.73 Å². The maximum absolute atomic E-state index is 13.0. The summed E-state index contributed by atoms with van der Waals surface area (Å²) >= 11 is 0. The van der Waals surface area contributed by atoms with Crippen LogP contribution in [0.1, 0.15) is 31.7 Å². The summed E-state index contributed by atoms with van der Waals surface area (Å²) in [6, 6.07) is 6.74. The van der Waals surface area contributed by atoms with Gasteiger partial charge in [0.15, 0.2) is 0 Å². The molecule has 1 atom stereocenters. The van der Waals surface area contributed by atoms with Gasteiger partial charge in [0.05, 0.1) is 0 Å². The highest BCUT2D eigenvalue weighted by molar-refractivity contribution is 5.21. The molecule has 78 valence electrons. The fraction of sp³-hybridized carbons (Fsp3) is 0.500. The lowest BCUT2D eigenvalue weighted by Crippen LogP contribution is -2.14. The zero-order chi connectivity index (χ0) is 10.6. The van der Waals surface area contributed by atoms with Crippen LogP contribution in [-0.2, 0) is 0 Å². The van der Waals surface area contributed by atoms with Crippen LogP contribution in [0.2, 0.25) is 0 Å². The summed E-state index contributed by atoms with van der Waals surface area (Å²) in [4.78, 5) is 0. The molecule has 1 rings (SSSR count). The van der Waals surface area contributed by atoms with Crippen molar-refractivity contribution >= 4 is 0 Å². The van der Waals surface area contributed by atoms with E-state index < -0.39 is 0 Å². The van der Waals surface area contributed by atoms with Crippen LogP contribution < -0.4 is 5.73 Å². The van der Waals surface area contributed by atoms with Gasteiger partial charge < -0.3 is 5.73 Å². The molecule has 0 fully saturated rings. The number of halogens is 1. The number of rotatable bonds is 4. The van der Waals surface area contributed by atoms with E-state index in [2.05, 4.69) is 13.8 Å². The molecule has 2 N–H and O–H groups in total. The molecule has 0 aliphatic carbocycles. The topological polar surface area (TPSA) is 26.0 Å². The van der Waals surface area contributed by atoms with Gasteiger partial charge in [-0.1, -0.05) is 26.0 Å². The lowest BCUT2D eigenvalue weighted by Gasteiger charge is -2.17. The van der Waals surface area contributed by atoms with E-state index in [-0.39, 0.29) is 11.7 Å². The molecule has 0 aliphatic heterocycles. The first kappa shape index (κ1) is 11.2. The van der Waals surface area contributed by atoms with Crippen molar-refractivity contribution in [1.82, 2.24) is 0 Å². The Bertz CT molecular complexity index is 283. The largest absolute Gasteiger partial charge is 0.330 e. The zero-order valence-corrected chi connectivity index (χ0v) is 8.83. The molecule has 1 nitrogen and oxygen atoms in total. The first-order valence-corrected chi connectivity index (χ1v) is 5.09. The predicted octanol–water partition coefficient (Wildman–Crippen LogP) is 2.91. The molecule has 1 aromatic rings. The van der Waals surface area contributed by atoms with E-state index in [0.717, 1.165) is 12.0 Å². The minimum atomic E-state index is -0.176. The number of hydrogen-bond donors (Lipinski definition) is 1. The average Bonchev–Trinajstić information content (AvgIpc) is 2.14. The third-order valence-electron chi connectivity index (χ3n) is 2.36. The smallest absolute Gasteiger partial charge is 0.123 e. The Kier molecular flexibility index (Phi) is 4.08. The molecular weight excluding hydrogens is 177 g/mol. The lowest BCUT2D eigenvalue weighted by atomic mass is 9.90. The van der Waals surface area contributed by atoms with Gasteiger partial charge in [-0.2, -0.15) is 0 Å². The fourth-order valence-corrected chi connectivity index (χ4v) is 1.70. The Hall–Kier alpha value is -0.890. The Morgan fingerprint density at radius 3 is 2.57 bits per heavy atom.